The van der Waals surface area contributed by atoms with Crippen molar-refractivity contribution < 1.29 is 14.6 Å². The Morgan fingerprint density at radius 3 is 2.89 bits per heavy atom. The lowest BCUT2D eigenvalue weighted by Gasteiger charge is -2.20. The van der Waals surface area contributed by atoms with E-state index in [0.29, 0.717) is 17.8 Å². The standard InChI is InChI=1S/C15H22O3S/c1-10-6-7-19-15(9-18-11(2)16)13-5-4-12(17-3)8-14(10)13/h4-5,8,10-11,15-16H,6-7,9H2,1-3H3. The van der Waals surface area contributed by atoms with Gasteiger partial charge in [-0.3, -0.25) is 0 Å². The Morgan fingerprint density at radius 2 is 2.21 bits per heavy atom. The van der Waals surface area contributed by atoms with Gasteiger partial charge in [0.25, 0.3) is 0 Å². The normalized spacial score (nSPS) is 24.4. The Kier molecular flexibility index (Phi) is 5.13. The zero-order chi connectivity index (χ0) is 13.8. The summed E-state index contributed by atoms with van der Waals surface area (Å²) in [4.78, 5) is 0. The van der Waals surface area contributed by atoms with Gasteiger partial charge in [-0.2, -0.15) is 11.8 Å². The molecule has 0 fully saturated rings. The van der Waals surface area contributed by atoms with E-state index in [4.69, 9.17) is 9.47 Å². The first-order valence-electron chi connectivity index (χ1n) is 6.71. The summed E-state index contributed by atoms with van der Waals surface area (Å²) in [5.74, 6) is 2.56. The van der Waals surface area contributed by atoms with Crippen LogP contribution in [-0.2, 0) is 4.74 Å². The molecule has 0 amide bonds. The SMILES string of the molecule is COc1ccc2c(c1)C(C)CCSC2COC(C)O. The van der Waals surface area contributed by atoms with E-state index in [-0.39, 0.29) is 0 Å². The molecule has 2 rings (SSSR count). The van der Waals surface area contributed by atoms with Crippen LogP contribution in [0.2, 0.25) is 0 Å². The van der Waals surface area contributed by atoms with E-state index in [0.717, 1.165) is 17.9 Å². The van der Waals surface area contributed by atoms with Crippen molar-refractivity contribution in [2.45, 2.75) is 37.7 Å². The minimum Gasteiger partial charge on any atom is -0.497 e. The molecule has 3 atom stereocenters. The lowest BCUT2D eigenvalue weighted by Crippen LogP contribution is -2.13. The van der Waals surface area contributed by atoms with E-state index in [2.05, 4.69) is 19.1 Å². The van der Waals surface area contributed by atoms with Gasteiger partial charge < -0.3 is 14.6 Å². The van der Waals surface area contributed by atoms with Crippen molar-refractivity contribution in [3.8, 4) is 5.75 Å². The predicted molar refractivity (Wildman–Crippen MR) is 78.9 cm³/mol. The minimum atomic E-state index is -0.706. The smallest absolute Gasteiger partial charge is 0.151 e. The van der Waals surface area contributed by atoms with Crippen LogP contribution in [0.25, 0.3) is 0 Å². The maximum atomic E-state index is 9.28. The monoisotopic (exact) mass is 282 g/mol. The molecule has 1 aliphatic rings. The Hall–Kier alpha value is -0.710. The van der Waals surface area contributed by atoms with Crippen LogP contribution >= 0.6 is 11.8 Å². The first-order valence-corrected chi connectivity index (χ1v) is 7.75. The molecule has 4 heteroatoms. The first-order chi connectivity index (χ1) is 9.11. The van der Waals surface area contributed by atoms with Gasteiger partial charge in [-0.25, -0.2) is 0 Å². The van der Waals surface area contributed by atoms with E-state index < -0.39 is 6.29 Å². The summed E-state index contributed by atoms with van der Waals surface area (Å²) in [5.41, 5.74) is 2.67. The fourth-order valence-corrected chi connectivity index (χ4v) is 3.74. The highest BCUT2D eigenvalue weighted by atomic mass is 32.2. The molecule has 1 aromatic rings. The number of aliphatic hydroxyl groups excluding tert-OH is 1. The first kappa shape index (κ1) is 14.7. The summed E-state index contributed by atoms with van der Waals surface area (Å²) in [6, 6.07) is 6.28. The van der Waals surface area contributed by atoms with Crippen LogP contribution in [0.3, 0.4) is 0 Å². The molecule has 1 N–H and O–H groups in total. The molecule has 0 bridgehead atoms. The Labute approximate surface area is 119 Å². The van der Waals surface area contributed by atoms with E-state index >= 15 is 0 Å². The molecule has 1 aromatic carbocycles. The molecule has 0 spiro atoms. The van der Waals surface area contributed by atoms with Crippen LogP contribution in [0.5, 0.6) is 5.75 Å². The molecule has 0 saturated heterocycles. The molecule has 106 valence electrons. The molecule has 0 aromatic heterocycles. The topological polar surface area (TPSA) is 38.7 Å². The second-order valence-corrected chi connectivity index (χ2v) is 6.29. The molecule has 0 aliphatic carbocycles. The summed E-state index contributed by atoms with van der Waals surface area (Å²) < 4.78 is 10.7. The Bertz CT molecular complexity index is 420. The van der Waals surface area contributed by atoms with Gasteiger partial charge in [0.15, 0.2) is 6.29 Å². The van der Waals surface area contributed by atoms with E-state index in [1.165, 1.54) is 11.1 Å². The molecule has 19 heavy (non-hydrogen) atoms. The summed E-state index contributed by atoms with van der Waals surface area (Å²) in [7, 11) is 1.70. The molecule has 1 heterocycles. The number of fused-ring (bicyclic) bond motifs is 1. The summed E-state index contributed by atoms with van der Waals surface area (Å²) in [6.07, 6.45) is 0.457. The molecule has 1 aliphatic heterocycles. The number of aliphatic hydroxyl groups is 1. The highest BCUT2D eigenvalue weighted by Gasteiger charge is 2.24. The average molecular weight is 282 g/mol. The molecule has 0 saturated carbocycles. The molecular formula is C15H22O3S. The van der Waals surface area contributed by atoms with E-state index in [1.807, 2.05) is 17.8 Å². The van der Waals surface area contributed by atoms with Crippen LogP contribution in [0.4, 0.5) is 0 Å². The molecule has 3 nitrogen and oxygen atoms in total. The van der Waals surface area contributed by atoms with Crippen molar-refractivity contribution in [1.82, 2.24) is 0 Å². The number of benzene rings is 1. The van der Waals surface area contributed by atoms with Crippen molar-refractivity contribution in [2.75, 3.05) is 19.5 Å². The van der Waals surface area contributed by atoms with Gasteiger partial charge in [-0.05, 0) is 48.3 Å². The van der Waals surface area contributed by atoms with Gasteiger partial charge in [0.05, 0.1) is 19.0 Å². The van der Waals surface area contributed by atoms with Gasteiger partial charge in [0, 0.05) is 0 Å². The fourth-order valence-electron chi connectivity index (χ4n) is 2.40. The second kappa shape index (κ2) is 6.64. The number of thioether (sulfide) groups is 1. The van der Waals surface area contributed by atoms with Crippen molar-refractivity contribution >= 4 is 11.8 Å². The fraction of sp³-hybridized carbons (Fsp3) is 0.600. The van der Waals surface area contributed by atoms with Crippen molar-refractivity contribution in [2.24, 2.45) is 0 Å². The van der Waals surface area contributed by atoms with Crippen molar-refractivity contribution in [3.05, 3.63) is 29.3 Å². The summed E-state index contributed by atoms with van der Waals surface area (Å²) in [6.45, 7) is 4.46. The second-order valence-electron chi connectivity index (χ2n) is 4.98. The number of methoxy groups -OCH3 is 1. The third-order valence-corrected chi connectivity index (χ3v) is 4.79. The Balaban J connectivity index is 2.26. The third kappa shape index (κ3) is 3.65. The number of hydrogen-bond acceptors (Lipinski definition) is 4. The van der Waals surface area contributed by atoms with Gasteiger partial charge in [-0.15, -0.1) is 0 Å². The summed E-state index contributed by atoms with van der Waals surface area (Å²) in [5, 5.41) is 9.58. The maximum Gasteiger partial charge on any atom is 0.151 e. The Morgan fingerprint density at radius 1 is 1.42 bits per heavy atom. The predicted octanol–water partition coefficient (Wildman–Crippen LogP) is 3.33. The van der Waals surface area contributed by atoms with E-state index in [9.17, 15) is 5.11 Å². The molecule has 3 unspecified atom stereocenters. The number of rotatable bonds is 4. The molecular weight excluding hydrogens is 260 g/mol. The average Bonchev–Trinajstić information content (AvgIpc) is 2.56. The third-order valence-electron chi connectivity index (χ3n) is 3.53. The minimum absolute atomic E-state index is 0.292. The molecule has 0 radical (unpaired) electrons. The lowest BCUT2D eigenvalue weighted by atomic mass is 9.92. The van der Waals surface area contributed by atoms with Crippen LogP contribution in [0.1, 0.15) is 42.6 Å². The highest BCUT2D eigenvalue weighted by Crippen LogP contribution is 2.41. The van der Waals surface area contributed by atoms with Crippen LogP contribution in [0.15, 0.2) is 18.2 Å². The van der Waals surface area contributed by atoms with Crippen LogP contribution in [-0.4, -0.2) is 30.9 Å². The number of ether oxygens (including phenoxy) is 2. The van der Waals surface area contributed by atoms with Gasteiger partial charge in [0.2, 0.25) is 0 Å². The summed E-state index contributed by atoms with van der Waals surface area (Å²) >= 11 is 1.91. The van der Waals surface area contributed by atoms with Crippen LogP contribution in [0, 0.1) is 0 Å². The largest absolute Gasteiger partial charge is 0.497 e. The van der Waals surface area contributed by atoms with E-state index in [1.54, 1.807) is 14.0 Å². The zero-order valence-corrected chi connectivity index (χ0v) is 12.6. The highest BCUT2D eigenvalue weighted by molar-refractivity contribution is 7.99. The maximum absolute atomic E-state index is 9.28. The lowest BCUT2D eigenvalue weighted by molar-refractivity contribution is -0.0844. The quantitative estimate of drug-likeness (QED) is 0.860. The van der Waals surface area contributed by atoms with Crippen molar-refractivity contribution in [1.29, 1.82) is 0 Å². The number of hydrogen-bond donors (Lipinski definition) is 1. The van der Waals surface area contributed by atoms with Crippen LogP contribution < -0.4 is 4.74 Å². The van der Waals surface area contributed by atoms with Gasteiger partial charge in [-0.1, -0.05) is 13.0 Å². The van der Waals surface area contributed by atoms with Crippen molar-refractivity contribution in [3.63, 3.8) is 0 Å². The van der Waals surface area contributed by atoms with Gasteiger partial charge >= 0.3 is 0 Å². The zero-order valence-electron chi connectivity index (χ0n) is 11.8. The van der Waals surface area contributed by atoms with Gasteiger partial charge in [0.1, 0.15) is 5.75 Å².